The van der Waals surface area contributed by atoms with Crippen molar-refractivity contribution in [2.45, 2.75) is 181 Å². The number of rotatable bonds is 30. The lowest BCUT2D eigenvalue weighted by atomic mass is 9.92. The predicted molar refractivity (Wildman–Crippen MR) is 173 cm³/mol. The Balaban J connectivity index is 2.40. The summed E-state index contributed by atoms with van der Waals surface area (Å²) < 4.78 is 0. The molecule has 2 heteroatoms. The highest BCUT2D eigenvalue weighted by molar-refractivity contribution is 5.10. The first-order valence-corrected chi connectivity index (χ1v) is 17.9. The second-order valence-electron chi connectivity index (χ2n) is 12.6. The first-order valence-electron chi connectivity index (χ1n) is 17.9. The van der Waals surface area contributed by atoms with E-state index >= 15 is 0 Å². The Kier molecular flexibility index (Phi) is 26.5. The van der Waals surface area contributed by atoms with Crippen LogP contribution in [0.25, 0.3) is 0 Å². The smallest absolute Gasteiger partial charge is 0.0166 e. The molecule has 0 heterocycles. The van der Waals surface area contributed by atoms with Crippen molar-refractivity contribution in [3.8, 4) is 0 Å². The van der Waals surface area contributed by atoms with E-state index in [4.69, 9.17) is 0 Å². The van der Waals surface area contributed by atoms with Crippen LogP contribution in [0.15, 0.2) is 11.6 Å². The Morgan fingerprint density at radius 3 is 1.13 bits per heavy atom. The second kappa shape index (κ2) is 28.2. The minimum Gasteiger partial charge on any atom is -0.302 e. The average molecular weight is 533 g/mol. The van der Waals surface area contributed by atoms with Crippen molar-refractivity contribution in [2.75, 3.05) is 39.3 Å². The van der Waals surface area contributed by atoms with Gasteiger partial charge in [0.25, 0.3) is 0 Å². The van der Waals surface area contributed by atoms with Crippen molar-refractivity contribution >= 4 is 0 Å². The first kappa shape index (κ1) is 35.7. The molecule has 1 rings (SSSR count). The maximum absolute atomic E-state index is 2.84. The van der Waals surface area contributed by atoms with Crippen molar-refractivity contribution in [1.29, 1.82) is 0 Å². The maximum atomic E-state index is 2.84. The Labute approximate surface area is 241 Å². The summed E-state index contributed by atoms with van der Waals surface area (Å²) in [6, 6.07) is 0. The lowest BCUT2D eigenvalue weighted by molar-refractivity contribution is 0.205. The van der Waals surface area contributed by atoms with Gasteiger partial charge in [-0.05, 0) is 58.2 Å². The van der Waals surface area contributed by atoms with E-state index in [2.05, 4.69) is 36.6 Å². The van der Waals surface area contributed by atoms with Gasteiger partial charge in [0.1, 0.15) is 0 Å². The van der Waals surface area contributed by atoms with Crippen LogP contribution in [-0.2, 0) is 0 Å². The summed E-state index contributed by atoms with van der Waals surface area (Å²) in [5.74, 6) is 0. The Morgan fingerprint density at radius 1 is 0.421 bits per heavy atom. The van der Waals surface area contributed by atoms with Crippen LogP contribution in [0.3, 0.4) is 0 Å². The molecule has 0 aromatic heterocycles. The Hall–Kier alpha value is -0.340. The molecule has 0 unspecified atom stereocenters. The first-order chi connectivity index (χ1) is 18.8. The molecule has 0 aliphatic heterocycles. The quantitative estimate of drug-likeness (QED) is 0.0670. The molecule has 38 heavy (non-hydrogen) atoms. The minimum absolute atomic E-state index is 1.20. The SMILES string of the molecule is CCCCCCCCCCN(CC=C1CCC1)CCN(CCCCCCCCC)CCCCCCCCC. The van der Waals surface area contributed by atoms with Crippen LogP contribution in [0.5, 0.6) is 0 Å². The monoisotopic (exact) mass is 533 g/mol. The molecule has 0 amide bonds. The lowest BCUT2D eigenvalue weighted by Gasteiger charge is -2.28. The van der Waals surface area contributed by atoms with Gasteiger partial charge < -0.3 is 4.90 Å². The van der Waals surface area contributed by atoms with Crippen molar-refractivity contribution in [1.82, 2.24) is 9.80 Å². The summed E-state index contributed by atoms with van der Waals surface area (Å²) in [5, 5.41) is 0. The normalized spacial score (nSPS) is 13.6. The number of nitrogens with zero attached hydrogens (tertiary/aromatic N) is 2. The fourth-order valence-corrected chi connectivity index (χ4v) is 5.81. The van der Waals surface area contributed by atoms with Gasteiger partial charge in [-0.2, -0.15) is 0 Å². The van der Waals surface area contributed by atoms with E-state index in [0.717, 1.165) is 0 Å². The van der Waals surface area contributed by atoms with Gasteiger partial charge in [0.15, 0.2) is 0 Å². The van der Waals surface area contributed by atoms with Crippen LogP contribution in [0.1, 0.15) is 181 Å². The maximum Gasteiger partial charge on any atom is 0.0166 e. The molecule has 1 saturated carbocycles. The van der Waals surface area contributed by atoms with Gasteiger partial charge in [-0.25, -0.2) is 0 Å². The van der Waals surface area contributed by atoms with Gasteiger partial charge >= 0.3 is 0 Å². The van der Waals surface area contributed by atoms with Crippen LogP contribution in [0.2, 0.25) is 0 Å². The van der Waals surface area contributed by atoms with Crippen molar-refractivity contribution < 1.29 is 0 Å². The molecule has 1 fully saturated rings. The van der Waals surface area contributed by atoms with Crippen molar-refractivity contribution in [3.63, 3.8) is 0 Å². The summed E-state index contributed by atoms with van der Waals surface area (Å²) in [6.07, 6.45) is 38.1. The lowest BCUT2D eigenvalue weighted by Crippen LogP contribution is -2.37. The molecule has 0 bridgehead atoms. The molecule has 0 N–H and O–H groups in total. The zero-order chi connectivity index (χ0) is 27.4. The molecule has 0 aromatic carbocycles. The van der Waals surface area contributed by atoms with Crippen LogP contribution < -0.4 is 0 Å². The third-order valence-corrected chi connectivity index (χ3v) is 8.85. The van der Waals surface area contributed by atoms with E-state index in [-0.39, 0.29) is 0 Å². The molecule has 0 atom stereocenters. The Morgan fingerprint density at radius 2 is 0.763 bits per heavy atom. The average Bonchev–Trinajstić information content (AvgIpc) is 2.90. The highest BCUT2D eigenvalue weighted by atomic mass is 15.2. The van der Waals surface area contributed by atoms with Gasteiger partial charge in [0.05, 0.1) is 0 Å². The standard InChI is InChI=1S/C36H72N2/c1-4-7-10-13-16-19-22-25-32-38(33-29-36-27-26-28-36)35-34-37(30-23-20-17-14-11-8-5-2)31-24-21-18-15-12-9-6-3/h29H,4-28,30-35H2,1-3H3. The number of allylic oxidation sites excluding steroid dienone is 1. The van der Waals surface area contributed by atoms with Gasteiger partial charge in [0.2, 0.25) is 0 Å². The summed E-state index contributed by atoms with van der Waals surface area (Å²) in [6.45, 7) is 14.7. The third-order valence-electron chi connectivity index (χ3n) is 8.85. The number of hydrogen-bond donors (Lipinski definition) is 0. The zero-order valence-electron chi connectivity index (χ0n) is 26.9. The van der Waals surface area contributed by atoms with E-state index in [1.54, 1.807) is 5.57 Å². The molecule has 1 aliphatic rings. The third kappa shape index (κ3) is 22.5. The number of unbranched alkanes of at least 4 members (excludes halogenated alkanes) is 19. The molecular formula is C36H72N2. The van der Waals surface area contributed by atoms with Crippen LogP contribution >= 0.6 is 0 Å². The van der Waals surface area contributed by atoms with Gasteiger partial charge in [-0.3, -0.25) is 4.90 Å². The molecule has 0 radical (unpaired) electrons. The second-order valence-corrected chi connectivity index (χ2v) is 12.6. The molecule has 226 valence electrons. The minimum atomic E-state index is 1.20. The van der Waals surface area contributed by atoms with Gasteiger partial charge in [-0.15, -0.1) is 0 Å². The van der Waals surface area contributed by atoms with E-state index in [0.29, 0.717) is 0 Å². The highest BCUT2D eigenvalue weighted by Crippen LogP contribution is 2.25. The molecule has 0 aromatic rings. The van der Waals surface area contributed by atoms with Crippen molar-refractivity contribution in [2.24, 2.45) is 0 Å². The zero-order valence-corrected chi connectivity index (χ0v) is 26.9. The van der Waals surface area contributed by atoms with E-state index < -0.39 is 0 Å². The molecule has 1 aliphatic carbocycles. The van der Waals surface area contributed by atoms with Crippen LogP contribution in [0.4, 0.5) is 0 Å². The summed E-state index contributed by atoms with van der Waals surface area (Å²) in [4.78, 5) is 5.64. The van der Waals surface area contributed by atoms with E-state index in [9.17, 15) is 0 Å². The van der Waals surface area contributed by atoms with Crippen molar-refractivity contribution in [3.05, 3.63) is 11.6 Å². The Bertz CT molecular complexity index is 476. The van der Waals surface area contributed by atoms with E-state index in [1.807, 2.05) is 0 Å². The van der Waals surface area contributed by atoms with Crippen LogP contribution in [-0.4, -0.2) is 49.1 Å². The van der Waals surface area contributed by atoms with Gasteiger partial charge in [-0.1, -0.05) is 154 Å². The number of hydrogen-bond acceptors (Lipinski definition) is 2. The van der Waals surface area contributed by atoms with E-state index in [1.165, 1.54) is 200 Å². The largest absolute Gasteiger partial charge is 0.302 e. The summed E-state index contributed by atoms with van der Waals surface area (Å²) in [7, 11) is 0. The summed E-state index contributed by atoms with van der Waals surface area (Å²) in [5.41, 5.74) is 1.73. The highest BCUT2D eigenvalue weighted by Gasteiger charge is 2.12. The molecule has 0 saturated heterocycles. The summed E-state index contributed by atoms with van der Waals surface area (Å²) >= 11 is 0. The van der Waals surface area contributed by atoms with Gasteiger partial charge in [0, 0.05) is 19.6 Å². The topological polar surface area (TPSA) is 6.48 Å². The molecule has 2 nitrogen and oxygen atoms in total. The molecular weight excluding hydrogens is 460 g/mol. The van der Waals surface area contributed by atoms with Crippen LogP contribution in [0, 0.1) is 0 Å². The molecule has 0 spiro atoms. The predicted octanol–water partition coefficient (Wildman–Crippen LogP) is 11.3. The fraction of sp³-hybridized carbons (Fsp3) is 0.944. The fourth-order valence-electron chi connectivity index (χ4n) is 5.81.